The predicted molar refractivity (Wildman–Crippen MR) is 113 cm³/mol. The number of carbonyl (C=O) groups is 1. The van der Waals surface area contributed by atoms with E-state index in [0.29, 0.717) is 18.8 Å². The summed E-state index contributed by atoms with van der Waals surface area (Å²) in [7, 11) is 1.87. The highest BCUT2D eigenvalue weighted by Gasteiger charge is 2.26. The number of carbonyl (C=O) groups excluding carboxylic acids is 1. The lowest BCUT2D eigenvalue weighted by Gasteiger charge is -2.34. The number of hydrogen-bond donors (Lipinski definition) is 1. The van der Waals surface area contributed by atoms with Crippen LogP contribution in [0.25, 0.3) is 22.2 Å². The maximum atomic E-state index is 13.1. The molecule has 146 valence electrons. The zero-order valence-corrected chi connectivity index (χ0v) is 16.2. The zero-order valence-electron chi connectivity index (χ0n) is 16.2. The van der Waals surface area contributed by atoms with Gasteiger partial charge in [0.1, 0.15) is 0 Å². The third kappa shape index (κ3) is 3.14. The number of nitrogens with zero attached hydrogens (tertiary/aromatic N) is 5. The van der Waals surface area contributed by atoms with Gasteiger partial charge in [-0.25, -0.2) is 0 Å². The number of amides is 1. The first-order chi connectivity index (χ1) is 14.2. The molecule has 1 amide bonds. The van der Waals surface area contributed by atoms with Crippen LogP contribution in [0.1, 0.15) is 10.5 Å². The molecule has 1 aliphatic heterocycles. The molecular weight excluding hydrogens is 364 g/mol. The second-order valence-electron chi connectivity index (χ2n) is 7.27. The van der Waals surface area contributed by atoms with Gasteiger partial charge in [-0.15, -0.1) is 0 Å². The maximum Gasteiger partial charge on any atom is 0.275 e. The van der Waals surface area contributed by atoms with Crippen LogP contribution in [0, 0.1) is 0 Å². The fraction of sp³-hybridized carbons (Fsp3) is 0.227. The fourth-order valence-corrected chi connectivity index (χ4v) is 3.90. The van der Waals surface area contributed by atoms with Crippen molar-refractivity contribution in [3.8, 4) is 11.3 Å². The topological polar surface area (TPSA) is 70.1 Å². The summed E-state index contributed by atoms with van der Waals surface area (Å²) in [6.45, 7) is 2.79. The van der Waals surface area contributed by atoms with Crippen LogP contribution in [0.3, 0.4) is 0 Å². The van der Waals surface area contributed by atoms with Crippen LogP contribution in [0.4, 0.5) is 5.82 Å². The smallest absolute Gasteiger partial charge is 0.275 e. The molecule has 1 fully saturated rings. The van der Waals surface area contributed by atoms with Gasteiger partial charge < -0.3 is 9.80 Å². The largest absolute Gasteiger partial charge is 0.352 e. The molecule has 1 saturated heterocycles. The van der Waals surface area contributed by atoms with Gasteiger partial charge in [0.05, 0.1) is 11.2 Å². The lowest BCUT2D eigenvalue weighted by molar-refractivity contribution is 0.0741. The molecule has 3 heterocycles. The molecule has 0 saturated carbocycles. The van der Waals surface area contributed by atoms with Crippen molar-refractivity contribution in [1.82, 2.24) is 24.9 Å². The van der Waals surface area contributed by atoms with Crippen molar-refractivity contribution in [3.63, 3.8) is 0 Å². The number of piperazine rings is 1. The van der Waals surface area contributed by atoms with E-state index in [1.807, 2.05) is 54.4 Å². The number of aromatic amines is 1. The molecule has 0 unspecified atom stereocenters. The molecule has 2 aromatic heterocycles. The van der Waals surface area contributed by atoms with Crippen molar-refractivity contribution in [2.75, 3.05) is 31.1 Å². The third-order valence-corrected chi connectivity index (χ3v) is 5.50. The minimum absolute atomic E-state index is 0.00606. The van der Waals surface area contributed by atoms with E-state index >= 15 is 0 Å². The van der Waals surface area contributed by atoms with Crippen molar-refractivity contribution in [2.24, 2.45) is 7.05 Å². The molecule has 1 N–H and O–H groups in total. The molecule has 0 spiro atoms. The van der Waals surface area contributed by atoms with E-state index in [-0.39, 0.29) is 5.91 Å². The second kappa shape index (κ2) is 7.09. The van der Waals surface area contributed by atoms with Gasteiger partial charge in [-0.05, 0) is 11.6 Å². The zero-order chi connectivity index (χ0) is 19.8. The summed E-state index contributed by atoms with van der Waals surface area (Å²) in [5, 5.41) is 13.0. The number of aryl methyl sites for hydroxylation is 1. The standard InChI is InChI=1S/C22H22N6O/c1-26-19-10-6-5-9-17(19)21(25-26)22(29)28-13-11-27(12-14-28)20-15-18(23-24-20)16-7-3-2-4-8-16/h2-10,15H,11-14H2,1H3,(H,23,24). The summed E-state index contributed by atoms with van der Waals surface area (Å²) in [4.78, 5) is 17.2. The molecule has 5 rings (SSSR count). The molecule has 0 bridgehead atoms. The normalized spacial score (nSPS) is 14.5. The third-order valence-electron chi connectivity index (χ3n) is 5.50. The number of aromatic nitrogens is 4. The Labute approximate surface area is 168 Å². The Kier molecular flexibility index (Phi) is 4.27. The number of para-hydroxylation sites is 1. The van der Waals surface area contributed by atoms with E-state index in [1.54, 1.807) is 4.68 Å². The van der Waals surface area contributed by atoms with Crippen LogP contribution in [0.15, 0.2) is 60.7 Å². The van der Waals surface area contributed by atoms with Gasteiger partial charge in [0.25, 0.3) is 5.91 Å². The number of H-pyrrole nitrogens is 1. The number of benzene rings is 2. The average molecular weight is 386 g/mol. The second-order valence-corrected chi connectivity index (χ2v) is 7.27. The molecule has 7 nitrogen and oxygen atoms in total. The number of anilines is 1. The Morgan fingerprint density at radius 3 is 2.48 bits per heavy atom. The molecule has 1 aliphatic rings. The van der Waals surface area contributed by atoms with Gasteiger partial charge in [0, 0.05) is 44.7 Å². The van der Waals surface area contributed by atoms with Gasteiger partial charge in [0.2, 0.25) is 0 Å². The van der Waals surface area contributed by atoms with Crippen molar-refractivity contribution in [3.05, 3.63) is 66.4 Å². The predicted octanol–water partition coefficient (Wildman–Crippen LogP) is 2.93. The van der Waals surface area contributed by atoms with Crippen molar-refractivity contribution in [2.45, 2.75) is 0 Å². The van der Waals surface area contributed by atoms with Crippen LogP contribution >= 0.6 is 0 Å². The van der Waals surface area contributed by atoms with Crippen LogP contribution < -0.4 is 4.90 Å². The lowest BCUT2D eigenvalue weighted by Crippen LogP contribution is -2.49. The van der Waals surface area contributed by atoms with E-state index in [1.165, 1.54) is 0 Å². The highest BCUT2D eigenvalue weighted by Crippen LogP contribution is 2.24. The van der Waals surface area contributed by atoms with Crippen LogP contribution in [0.5, 0.6) is 0 Å². The first kappa shape index (κ1) is 17.5. The minimum Gasteiger partial charge on any atom is -0.352 e. The molecule has 4 aromatic rings. The number of rotatable bonds is 3. The SMILES string of the molecule is Cn1nc(C(=O)N2CCN(c3cc(-c4ccccc4)[nH]n3)CC2)c2ccccc21. The lowest BCUT2D eigenvalue weighted by atomic mass is 10.1. The van der Waals surface area contributed by atoms with E-state index in [4.69, 9.17) is 0 Å². The molecule has 7 heteroatoms. The molecule has 0 atom stereocenters. The van der Waals surface area contributed by atoms with Gasteiger partial charge >= 0.3 is 0 Å². The highest BCUT2D eigenvalue weighted by atomic mass is 16.2. The Morgan fingerprint density at radius 1 is 0.966 bits per heavy atom. The van der Waals surface area contributed by atoms with Crippen molar-refractivity contribution in [1.29, 1.82) is 0 Å². The Balaban J connectivity index is 1.29. The van der Waals surface area contributed by atoms with Crippen molar-refractivity contribution >= 4 is 22.6 Å². The molecular formula is C22H22N6O. The number of nitrogens with one attached hydrogen (secondary N) is 1. The quantitative estimate of drug-likeness (QED) is 0.588. The Hall–Kier alpha value is -3.61. The summed E-state index contributed by atoms with van der Waals surface area (Å²) >= 11 is 0. The summed E-state index contributed by atoms with van der Waals surface area (Å²) in [5.74, 6) is 0.910. The van der Waals surface area contributed by atoms with E-state index in [0.717, 1.165) is 41.1 Å². The summed E-state index contributed by atoms with van der Waals surface area (Å²) in [6.07, 6.45) is 0. The Bertz CT molecular complexity index is 1150. The Morgan fingerprint density at radius 2 is 1.69 bits per heavy atom. The first-order valence-corrected chi connectivity index (χ1v) is 9.77. The average Bonchev–Trinajstić information content (AvgIpc) is 3.40. The number of hydrogen-bond acceptors (Lipinski definition) is 4. The number of fused-ring (bicyclic) bond motifs is 1. The van der Waals surface area contributed by atoms with Gasteiger partial charge in [-0.1, -0.05) is 48.5 Å². The summed E-state index contributed by atoms with van der Waals surface area (Å²) in [6, 6.07) is 20.1. The maximum absolute atomic E-state index is 13.1. The van der Waals surface area contributed by atoms with E-state index in [9.17, 15) is 4.79 Å². The van der Waals surface area contributed by atoms with Gasteiger partial charge in [-0.3, -0.25) is 14.6 Å². The van der Waals surface area contributed by atoms with E-state index in [2.05, 4.69) is 38.4 Å². The highest BCUT2D eigenvalue weighted by molar-refractivity contribution is 6.04. The van der Waals surface area contributed by atoms with Crippen LogP contribution in [-0.4, -0.2) is 57.0 Å². The van der Waals surface area contributed by atoms with Crippen LogP contribution in [0.2, 0.25) is 0 Å². The first-order valence-electron chi connectivity index (χ1n) is 9.77. The minimum atomic E-state index is -0.00606. The van der Waals surface area contributed by atoms with Crippen molar-refractivity contribution < 1.29 is 4.79 Å². The molecule has 0 aliphatic carbocycles. The molecule has 29 heavy (non-hydrogen) atoms. The summed E-state index contributed by atoms with van der Waals surface area (Å²) in [5.41, 5.74) is 3.61. The fourth-order valence-electron chi connectivity index (χ4n) is 3.90. The van der Waals surface area contributed by atoms with Crippen LogP contribution in [-0.2, 0) is 7.05 Å². The van der Waals surface area contributed by atoms with E-state index < -0.39 is 0 Å². The summed E-state index contributed by atoms with van der Waals surface area (Å²) < 4.78 is 1.77. The van der Waals surface area contributed by atoms with Gasteiger partial charge in [0.15, 0.2) is 11.5 Å². The molecule has 0 radical (unpaired) electrons. The monoisotopic (exact) mass is 386 g/mol. The van der Waals surface area contributed by atoms with Gasteiger partial charge in [-0.2, -0.15) is 10.2 Å². The molecule has 2 aromatic carbocycles.